The van der Waals surface area contributed by atoms with Gasteiger partial charge in [-0.05, 0) is 39.5 Å². The van der Waals surface area contributed by atoms with Gasteiger partial charge >= 0.3 is 6.09 Å². The van der Waals surface area contributed by atoms with E-state index in [1.165, 1.54) is 11.1 Å². The molecule has 1 aromatic heterocycles. The number of halogens is 1. The largest absolute Gasteiger partial charge is 0.465 e. The van der Waals surface area contributed by atoms with E-state index in [1.54, 1.807) is 42.5 Å². The number of aromatic nitrogens is 2. The summed E-state index contributed by atoms with van der Waals surface area (Å²) in [5, 5.41) is 12.6. The fourth-order valence-electron chi connectivity index (χ4n) is 4.51. The van der Waals surface area contributed by atoms with Gasteiger partial charge in [0.25, 0.3) is 5.91 Å². The highest BCUT2D eigenvalue weighted by Gasteiger charge is 2.38. The average molecular weight is 581 g/mol. The van der Waals surface area contributed by atoms with Gasteiger partial charge in [-0.15, -0.1) is 0 Å². The van der Waals surface area contributed by atoms with Crippen LogP contribution in [0.4, 0.5) is 22.0 Å². The first-order valence-corrected chi connectivity index (χ1v) is 12.8. The van der Waals surface area contributed by atoms with Gasteiger partial charge in [-0.1, -0.05) is 51.1 Å². The molecule has 3 aromatic rings. The molecule has 4 rings (SSSR count). The Morgan fingerprint density at radius 1 is 1.08 bits per heavy atom. The summed E-state index contributed by atoms with van der Waals surface area (Å²) in [5.41, 5.74) is 7.46. The number of carbonyl (C=O) groups is 3. The van der Waals surface area contributed by atoms with Crippen molar-refractivity contribution >= 4 is 50.9 Å². The number of carbonyl (C=O) groups excluding carboxylic acids is 2. The first-order valence-electron chi connectivity index (χ1n) is 12.0. The Kier molecular flexibility index (Phi) is 7.68. The van der Waals surface area contributed by atoms with Crippen molar-refractivity contribution in [3.63, 3.8) is 0 Å². The van der Waals surface area contributed by atoms with E-state index < -0.39 is 12.0 Å². The van der Waals surface area contributed by atoms with Crippen molar-refractivity contribution in [1.29, 1.82) is 0 Å². The zero-order valence-corrected chi connectivity index (χ0v) is 22.9. The van der Waals surface area contributed by atoms with Gasteiger partial charge in [0.05, 0.1) is 23.6 Å². The number of carboxylic acid groups (broad SMARTS) is 1. The minimum Gasteiger partial charge on any atom is -0.465 e. The highest BCUT2D eigenvalue weighted by molar-refractivity contribution is 9.10. The number of nitrogen functional groups attached to an aromatic ring is 1. The van der Waals surface area contributed by atoms with Gasteiger partial charge in [-0.2, -0.15) is 0 Å². The van der Waals surface area contributed by atoms with Crippen LogP contribution < -0.4 is 16.0 Å². The maximum Gasteiger partial charge on any atom is 0.407 e. The Labute approximate surface area is 229 Å². The van der Waals surface area contributed by atoms with Crippen molar-refractivity contribution in [1.82, 2.24) is 14.9 Å². The monoisotopic (exact) mass is 580 g/mol. The predicted octanol–water partition coefficient (Wildman–Crippen LogP) is 4.52. The molecule has 0 saturated carbocycles. The zero-order valence-electron chi connectivity index (χ0n) is 21.3. The van der Waals surface area contributed by atoms with Crippen LogP contribution in [-0.4, -0.2) is 63.4 Å². The van der Waals surface area contributed by atoms with E-state index in [4.69, 9.17) is 5.73 Å². The molecule has 0 aliphatic carbocycles. The molecule has 4 N–H and O–H groups in total. The first kappa shape index (κ1) is 27.1. The maximum atomic E-state index is 13.2. The molecule has 2 aromatic carbocycles. The van der Waals surface area contributed by atoms with E-state index in [0.29, 0.717) is 46.7 Å². The molecule has 1 aliphatic rings. The van der Waals surface area contributed by atoms with Gasteiger partial charge in [-0.3, -0.25) is 9.59 Å². The average Bonchev–Trinajstić information content (AvgIpc) is 2.89. The van der Waals surface area contributed by atoms with E-state index in [1.807, 2.05) is 31.7 Å². The SMILES string of the molecule is CC(C)(C)C1CN(c2ccc(C(=O)c3ccccc3)cc2NC(=O)c2nc(Br)cnc2N)CCN1C(=O)O. The van der Waals surface area contributed by atoms with E-state index in [9.17, 15) is 19.5 Å². The van der Waals surface area contributed by atoms with Crippen LogP contribution in [0.15, 0.2) is 59.3 Å². The number of benzene rings is 2. The Bertz CT molecular complexity index is 1380. The Hall–Kier alpha value is -3.99. The molecule has 10 nitrogen and oxygen atoms in total. The van der Waals surface area contributed by atoms with Crippen LogP contribution in [-0.2, 0) is 0 Å². The molecule has 0 spiro atoms. The lowest BCUT2D eigenvalue weighted by atomic mass is 9.84. The van der Waals surface area contributed by atoms with Crippen LogP contribution in [0.3, 0.4) is 0 Å². The Balaban J connectivity index is 1.74. The van der Waals surface area contributed by atoms with Crippen LogP contribution >= 0.6 is 15.9 Å². The summed E-state index contributed by atoms with van der Waals surface area (Å²) in [7, 11) is 0. The number of nitrogens with zero attached hydrogens (tertiary/aromatic N) is 4. The van der Waals surface area contributed by atoms with Crippen molar-refractivity contribution in [3.05, 3.63) is 76.2 Å². The zero-order chi connectivity index (χ0) is 27.6. The number of nitrogens with two attached hydrogens (primary N) is 1. The summed E-state index contributed by atoms with van der Waals surface area (Å²) < 4.78 is 0.350. The van der Waals surface area contributed by atoms with Gasteiger partial charge < -0.3 is 26.0 Å². The second-order valence-electron chi connectivity index (χ2n) is 10.1. The second-order valence-corrected chi connectivity index (χ2v) is 10.9. The van der Waals surface area contributed by atoms with Crippen molar-refractivity contribution in [3.8, 4) is 0 Å². The van der Waals surface area contributed by atoms with E-state index in [2.05, 4.69) is 31.2 Å². The third-order valence-corrected chi connectivity index (χ3v) is 6.88. The number of amides is 2. The lowest BCUT2D eigenvalue weighted by Crippen LogP contribution is -2.59. The van der Waals surface area contributed by atoms with Crippen LogP contribution in [0.2, 0.25) is 0 Å². The van der Waals surface area contributed by atoms with E-state index in [-0.39, 0.29) is 28.8 Å². The van der Waals surface area contributed by atoms with E-state index >= 15 is 0 Å². The highest BCUT2D eigenvalue weighted by atomic mass is 79.9. The lowest BCUT2D eigenvalue weighted by molar-refractivity contribution is 0.0749. The standard InChI is InChI=1S/C27H29BrN6O4/c1-27(2,3)20-15-33(11-12-34(20)26(37)38)19-10-9-17(23(35)16-7-5-4-6-8-16)13-18(19)31-25(36)22-24(29)30-14-21(28)32-22/h4-10,13-14,20H,11-12,15H2,1-3H3,(H2,29,30)(H,31,36)(H,37,38). The molecule has 1 unspecified atom stereocenters. The molecule has 1 aliphatic heterocycles. The molecule has 11 heteroatoms. The Morgan fingerprint density at radius 2 is 1.79 bits per heavy atom. The fourth-order valence-corrected chi connectivity index (χ4v) is 4.79. The molecular formula is C27H29BrN6O4. The molecular weight excluding hydrogens is 552 g/mol. The maximum absolute atomic E-state index is 13.2. The topological polar surface area (TPSA) is 142 Å². The van der Waals surface area contributed by atoms with Gasteiger partial charge in [0, 0.05) is 30.8 Å². The van der Waals surface area contributed by atoms with Crippen LogP contribution in [0.1, 0.15) is 47.2 Å². The third kappa shape index (κ3) is 5.77. The molecule has 0 bridgehead atoms. The molecule has 38 heavy (non-hydrogen) atoms. The summed E-state index contributed by atoms with van der Waals surface area (Å²) in [6.07, 6.45) is 0.427. The number of ketones is 1. The van der Waals surface area contributed by atoms with Crippen molar-refractivity contribution in [2.24, 2.45) is 5.41 Å². The molecule has 198 valence electrons. The third-order valence-electron chi connectivity index (χ3n) is 6.50. The highest BCUT2D eigenvalue weighted by Crippen LogP contribution is 2.34. The lowest BCUT2D eigenvalue weighted by Gasteiger charge is -2.47. The summed E-state index contributed by atoms with van der Waals surface area (Å²) in [6, 6.07) is 13.7. The van der Waals surface area contributed by atoms with Crippen LogP contribution in [0.25, 0.3) is 0 Å². The van der Waals surface area contributed by atoms with Gasteiger partial charge in [0.2, 0.25) is 0 Å². The number of nitrogens with one attached hydrogen (secondary N) is 1. The molecule has 1 fully saturated rings. The quantitative estimate of drug-likeness (QED) is 0.374. The summed E-state index contributed by atoms with van der Waals surface area (Å²) in [6.45, 7) is 7.10. The number of hydrogen-bond acceptors (Lipinski definition) is 7. The second kappa shape index (κ2) is 10.8. The normalized spacial score (nSPS) is 15.7. The first-order chi connectivity index (χ1) is 18.0. The number of rotatable bonds is 5. The van der Waals surface area contributed by atoms with Crippen molar-refractivity contribution < 1.29 is 19.5 Å². The number of anilines is 3. The van der Waals surface area contributed by atoms with E-state index in [0.717, 1.165) is 0 Å². The molecule has 1 saturated heterocycles. The summed E-state index contributed by atoms with van der Waals surface area (Å²) >= 11 is 3.21. The minimum absolute atomic E-state index is 0.0355. The number of piperazine rings is 1. The van der Waals surface area contributed by atoms with Crippen LogP contribution in [0.5, 0.6) is 0 Å². The minimum atomic E-state index is -0.967. The molecule has 2 amide bonds. The molecule has 0 radical (unpaired) electrons. The van der Waals surface area contributed by atoms with Crippen LogP contribution in [0, 0.1) is 5.41 Å². The number of hydrogen-bond donors (Lipinski definition) is 3. The summed E-state index contributed by atoms with van der Waals surface area (Å²) in [5.74, 6) is -0.817. The van der Waals surface area contributed by atoms with Gasteiger partial charge in [0.15, 0.2) is 17.3 Å². The van der Waals surface area contributed by atoms with Crippen molar-refractivity contribution in [2.75, 3.05) is 35.6 Å². The fraction of sp³-hybridized carbons (Fsp3) is 0.296. The molecule has 2 heterocycles. The van der Waals surface area contributed by atoms with Gasteiger partial charge in [-0.25, -0.2) is 14.8 Å². The van der Waals surface area contributed by atoms with Gasteiger partial charge in [0.1, 0.15) is 4.60 Å². The molecule has 1 atom stereocenters. The smallest absolute Gasteiger partial charge is 0.407 e. The summed E-state index contributed by atoms with van der Waals surface area (Å²) in [4.78, 5) is 50.0. The van der Waals surface area contributed by atoms with Crippen molar-refractivity contribution in [2.45, 2.75) is 26.8 Å². The predicted molar refractivity (Wildman–Crippen MR) is 149 cm³/mol. The Morgan fingerprint density at radius 3 is 2.45 bits per heavy atom.